The minimum atomic E-state index is -1.23. The summed E-state index contributed by atoms with van der Waals surface area (Å²) in [6, 6.07) is 0. The van der Waals surface area contributed by atoms with Gasteiger partial charge in [-0.25, -0.2) is 15.0 Å². The van der Waals surface area contributed by atoms with Crippen LogP contribution in [0.5, 0.6) is 0 Å². The molecule has 1 fully saturated rings. The third-order valence-corrected chi connectivity index (χ3v) is 4.60. The Morgan fingerprint density at radius 1 is 1.22 bits per heavy atom. The van der Waals surface area contributed by atoms with E-state index in [1.807, 2.05) is 0 Å². The van der Waals surface area contributed by atoms with Gasteiger partial charge >= 0.3 is 0 Å². The number of ether oxygens (including phenoxy) is 1. The SMILES string of the molecule is CCCCCCC#Cc1nc(N)c2ncn(C3O[C@H](CO)[C@@H](O)[C@H]3O)c2n1. The normalized spacial score (nSPS) is 24.9. The lowest BCUT2D eigenvalue weighted by atomic mass is 10.1. The molecule has 1 aliphatic rings. The molecular formula is C18H25N5O4. The molecule has 0 radical (unpaired) electrons. The molecule has 146 valence electrons. The number of rotatable bonds is 6. The Hall–Kier alpha value is -2.25. The summed E-state index contributed by atoms with van der Waals surface area (Å²) >= 11 is 0. The number of imidazole rings is 1. The molecule has 1 aliphatic heterocycles. The van der Waals surface area contributed by atoms with Crippen molar-refractivity contribution in [2.75, 3.05) is 12.3 Å². The minimum absolute atomic E-state index is 0.181. The van der Waals surface area contributed by atoms with Crippen LogP contribution in [0.15, 0.2) is 6.33 Å². The van der Waals surface area contributed by atoms with Gasteiger partial charge in [0, 0.05) is 6.42 Å². The lowest BCUT2D eigenvalue weighted by molar-refractivity contribution is -0.0511. The smallest absolute Gasteiger partial charge is 0.208 e. The molecule has 0 spiro atoms. The highest BCUT2D eigenvalue weighted by atomic mass is 16.6. The van der Waals surface area contributed by atoms with Gasteiger partial charge in [0.2, 0.25) is 5.82 Å². The van der Waals surface area contributed by atoms with E-state index in [4.69, 9.17) is 10.5 Å². The van der Waals surface area contributed by atoms with Crippen molar-refractivity contribution in [2.24, 2.45) is 0 Å². The van der Waals surface area contributed by atoms with Crippen LogP contribution in [0.25, 0.3) is 11.2 Å². The Morgan fingerprint density at radius 2 is 2.04 bits per heavy atom. The summed E-state index contributed by atoms with van der Waals surface area (Å²) in [4.78, 5) is 12.7. The van der Waals surface area contributed by atoms with Crippen LogP contribution in [0.2, 0.25) is 0 Å². The van der Waals surface area contributed by atoms with Gasteiger partial charge in [0.1, 0.15) is 23.8 Å². The van der Waals surface area contributed by atoms with Gasteiger partial charge in [-0.3, -0.25) is 4.57 Å². The van der Waals surface area contributed by atoms with Crippen molar-refractivity contribution in [1.29, 1.82) is 0 Å². The van der Waals surface area contributed by atoms with Gasteiger partial charge in [-0.15, -0.1) is 0 Å². The van der Waals surface area contributed by atoms with Crippen molar-refractivity contribution in [3.63, 3.8) is 0 Å². The summed E-state index contributed by atoms with van der Waals surface area (Å²) in [5.41, 5.74) is 6.68. The zero-order valence-corrected chi connectivity index (χ0v) is 15.2. The summed E-state index contributed by atoms with van der Waals surface area (Å²) in [5.74, 6) is 6.42. The van der Waals surface area contributed by atoms with Crippen LogP contribution in [0.1, 0.15) is 51.1 Å². The quantitative estimate of drug-likeness (QED) is 0.419. The number of anilines is 1. The van der Waals surface area contributed by atoms with Crippen LogP contribution in [0.4, 0.5) is 5.82 Å². The number of aromatic nitrogens is 4. The van der Waals surface area contributed by atoms with E-state index >= 15 is 0 Å². The van der Waals surface area contributed by atoms with Gasteiger partial charge in [0.25, 0.3) is 0 Å². The van der Waals surface area contributed by atoms with E-state index in [-0.39, 0.29) is 11.6 Å². The molecular weight excluding hydrogens is 350 g/mol. The molecule has 0 amide bonds. The van der Waals surface area contributed by atoms with Crippen molar-refractivity contribution < 1.29 is 20.1 Å². The van der Waals surface area contributed by atoms with Crippen molar-refractivity contribution in [3.8, 4) is 11.8 Å². The maximum absolute atomic E-state index is 10.2. The standard InChI is InChI=1S/C18H25N5O4/c1-2-3-4-5-6-7-8-12-21-16(19)13-17(22-12)23(10-20-13)18-15(26)14(25)11(9-24)27-18/h10-11,14-15,18,24-26H,2-6,9H2,1H3,(H2,19,21,22)/t11-,14-,15-,18?/m1/s1. The molecule has 3 rings (SSSR count). The van der Waals surface area contributed by atoms with E-state index < -0.39 is 31.1 Å². The first-order valence-corrected chi connectivity index (χ1v) is 9.18. The fourth-order valence-electron chi connectivity index (χ4n) is 3.07. The minimum Gasteiger partial charge on any atom is -0.394 e. The molecule has 4 atom stereocenters. The third kappa shape index (κ3) is 4.04. The largest absolute Gasteiger partial charge is 0.394 e. The van der Waals surface area contributed by atoms with Crippen LogP contribution in [-0.2, 0) is 4.74 Å². The molecule has 0 aliphatic carbocycles. The number of aliphatic hydroxyl groups excluding tert-OH is 3. The predicted molar refractivity (Wildman–Crippen MR) is 98.4 cm³/mol. The lowest BCUT2D eigenvalue weighted by Crippen LogP contribution is -2.33. The Bertz CT molecular complexity index is 843. The van der Waals surface area contributed by atoms with E-state index in [1.165, 1.54) is 23.7 Å². The average molecular weight is 375 g/mol. The highest BCUT2D eigenvalue weighted by Gasteiger charge is 2.44. The number of nitrogen functional groups attached to an aromatic ring is 1. The molecule has 27 heavy (non-hydrogen) atoms. The second kappa shape index (κ2) is 8.63. The summed E-state index contributed by atoms with van der Waals surface area (Å²) in [6.45, 7) is 1.75. The third-order valence-electron chi connectivity index (χ3n) is 4.60. The zero-order valence-electron chi connectivity index (χ0n) is 15.2. The van der Waals surface area contributed by atoms with Crippen LogP contribution >= 0.6 is 0 Å². The van der Waals surface area contributed by atoms with Gasteiger partial charge in [-0.05, 0) is 12.3 Å². The summed E-state index contributed by atoms with van der Waals surface area (Å²) in [6.07, 6.45) is 2.45. The van der Waals surface area contributed by atoms with E-state index in [2.05, 4.69) is 33.7 Å². The number of nitrogens with two attached hydrogens (primary N) is 1. The molecule has 1 saturated heterocycles. The Balaban J connectivity index is 1.84. The van der Waals surface area contributed by atoms with Crippen molar-refractivity contribution in [2.45, 2.75) is 63.6 Å². The second-order valence-corrected chi connectivity index (χ2v) is 6.60. The molecule has 9 nitrogen and oxygen atoms in total. The lowest BCUT2D eigenvalue weighted by Gasteiger charge is -2.16. The Morgan fingerprint density at radius 3 is 2.74 bits per heavy atom. The van der Waals surface area contributed by atoms with Crippen molar-refractivity contribution in [3.05, 3.63) is 12.2 Å². The molecule has 9 heteroatoms. The Kier molecular flexibility index (Phi) is 6.23. The van der Waals surface area contributed by atoms with Crippen LogP contribution in [0.3, 0.4) is 0 Å². The van der Waals surface area contributed by atoms with Crippen LogP contribution < -0.4 is 5.73 Å². The molecule has 0 saturated carbocycles. The van der Waals surface area contributed by atoms with E-state index in [0.717, 1.165) is 19.3 Å². The first-order valence-electron chi connectivity index (χ1n) is 9.18. The molecule has 0 bridgehead atoms. The monoisotopic (exact) mass is 375 g/mol. The fraction of sp³-hybridized carbons (Fsp3) is 0.611. The summed E-state index contributed by atoms with van der Waals surface area (Å²) < 4.78 is 7.01. The van der Waals surface area contributed by atoms with E-state index in [0.29, 0.717) is 11.2 Å². The highest BCUT2D eigenvalue weighted by Crippen LogP contribution is 2.31. The second-order valence-electron chi connectivity index (χ2n) is 6.60. The fourth-order valence-corrected chi connectivity index (χ4v) is 3.07. The maximum Gasteiger partial charge on any atom is 0.208 e. The Labute approximate surface area is 157 Å². The number of aliphatic hydroxyl groups is 3. The molecule has 3 heterocycles. The van der Waals surface area contributed by atoms with Gasteiger partial charge in [-0.2, -0.15) is 0 Å². The average Bonchev–Trinajstić information content (AvgIpc) is 3.20. The van der Waals surface area contributed by atoms with Gasteiger partial charge < -0.3 is 25.8 Å². The zero-order chi connectivity index (χ0) is 19.4. The van der Waals surface area contributed by atoms with Gasteiger partial charge in [0.05, 0.1) is 12.9 Å². The number of nitrogens with zero attached hydrogens (tertiary/aromatic N) is 4. The highest BCUT2D eigenvalue weighted by molar-refractivity contribution is 5.82. The first kappa shape index (κ1) is 19.5. The van der Waals surface area contributed by atoms with Gasteiger partial charge in [-0.1, -0.05) is 32.1 Å². The first-order chi connectivity index (χ1) is 13.1. The van der Waals surface area contributed by atoms with Crippen molar-refractivity contribution in [1.82, 2.24) is 19.5 Å². The number of unbranched alkanes of at least 4 members (excludes halogenated alkanes) is 4. The van der Waals surface area contributed by atoms with Gasteiger partial charge in [0.15, 0.2) is 17.7 Å². The van der Waals surface area contributed by atoms with Crippen LogP contribution in [-0.4, -0.2) is 59.8 Å². The number of hydrogen-bond acceptors (Lipinski definition) is 8. The molecule has 5 N–H and O–H groups in total. The van der Waals surface area contributed by atoms with E-state index in [1.54, 1.807) is 0 Å². The predicted octanol–water partition coefficient (Wildman–Crippen LogP) is 0.342. The molecule has 0 aromatic carbocycles. The topological polar surface area (TPSA) is 140 Å². The molecule has 2 aromatic heterocycles. The molecule has 2 aromatic rings. The van der Waals surface area contributed by atoms with Crippen molar-refractivity contribution >= 4 is 17.0 Å². The summed E-state index contributed by atoms with van der Waals surface area (Å²) in [7, 11) is 0. The van der Waals surface area contributed by atoms with E-state index in [9.17, 15) is 15.3 Å². The number of fused-ring (bicyclic) bond motifs is 1. The van der Waals surface area contributed by atoms with Crippen LogP contribution in [0, 0.1) is 11.8 Å². The summed E-state index contributed by atoms with van der Waals surface area (Å²) in [5, 5.41) is 29.5. The maximum atomic E-state index is 10.2. The molecule has 1 unspecified atom stereocenters. The number of hydrogen-bond donors (Lipinski definition) is 4.